The summed E-state index contributed by atoms with van der Waals surface area (Å²) in [6.07, 6.45) is 4.62. The molecule has 144 valence electrons. The topological polar surface area (TPSA) is 93.4 Å². The second kappa shape index (κ2) is 6.64. The molecule has 0 spiro atoms. The Kier molecular flexibility index (Phi) is 4.81. The number of hydrogen-bond donors (Lipinski definition) is 1. The van der Waals surface area contributed by atoms with E-state index in [1.54, 1.807) is 7.11 Å². The highest BCUT2D eigenvalue weighted by Crippen LogP contribution is 2.54. The Balaban J connectivity index is 1.97. The van der Waals surface area contributed by atoms with Crippen LogP contribution in [0.4, 0.5) is 17.3 Å². The molecule has 26 heavy (non-hydrogen) atoms. The van der Waals surface area contributed by atoms with Gasteiger partial charge in [-0.25, -0.2) is 9.97 Å². The fraction of sp³-hybridized carbons (Fsp3) is 0.778. The van der Waals surface area contributed by atoms with E-state index in [0.29, 0.717) is 12.4 Å². The van der Waals surface area contributed by atoms with Crippen molar-refractivity contribution < 1.29 is 9.66 Å². The average Bonchev–Trinajstić information content (AvgIpc) is 2.75. The number of anilines is 2. The summed E-state index contributed by atoms with van der Waals surface area (Å²) in [6, 6.07) is 0.192. The number of methoxy groups -OCH3 is 1. The quantitative estimate of drug-likeness (QED) is 0.612. The van der Waals surface area contributed by atoms with Crippen LogP contribution in [0.2, 0.25) is 0 Å². The lowest BCUT2D eigenvalue weighted by molar-refractivity contribution is -0.383. The van der Waals surface area contributed by atoms with E-state index >= 15 is 0 Å². The molecule has 3 rings (SSSR count). The van der Waals surface area contributed by atoms with Crippen LogP contribution in [0.25, 0.3) is 0 Å². The number of hydrogen-bond acceptors (Lipinski definition) is 7. The van der Waals surface area contributed by atoms with Crippen LogP contribution in [-0.4, -0.2) is 47.2 Å². The van der Waals surface area contributed by atoms with Crippen LogP contribution in [0.3, 0.4) is 0 Å². The molecule has 1 N–H and O–H groups in total. The lowest BCUT2D eigenvalue weighted by atomic mass is 9.65. The number of nitrogens with one attached hydrogen (secondary N) is 1. The Morgan fingerprint density at radius 3 is 2.81 bits per heavy atom. The first kappa shape index (κ1) is 18.8. The van der Waals surface area contributed by atoms with Gasteiger partial charge in [0.1, 0.15) is 6.33 Å². The molecule has 2 fully saturated rings. The molecule has 3 unspecified atom stereocenters. The average molecular weight is 363 g/mol. The van der Waals surface area contributed by atoms with Crippen LogP contribution in [0, 0.1) is 20.9 Å². The Bertz CT molecular complexity index is 695. The second-order valence-electron chi connectivity index (χ2n) is 8.99. The van der Waals surface area contributed by atoms with Crippen molar-refractivity contribution in [1.82, 2.24) is 9.97 Å². The summed E-state index contributed by atoms with van der Waals surface area (Å²) in [7, 11) is 1.60. The molecule has 2 heterocycles. The summed E-state index contributed by atoms with van der Waals surface area (Å²) in [6.45, 7) is 10.00. The molecule has 0 radical (unpaired) electrons. The monoisotopic (exact) mass is 363 g/mol. The van der Waals surface area contributed by atoms with E-state index < -0.39 is 0 Å². The van der Waals surface area contributed by atoms with Crippen LogP contribution in [0.5, 0.6) is 0 Å². The second-order valence-corrected chi connectivity index (χ2v) is 8.99. The fourth-order valence-corrected chi connectivity index (χ4v) is 5.09. The van der Waals surface area contributed by atoms with Gasteiger partial charge in [-0.15, -0.1) is 0 Å². The van der Waals surface area contributed by atoms with Crippen molar-refractivity contribution in [2.75, 3.05) is 30.5 Å². The SMILES string of the molecule is COCC(C)Nc1ncnc(N2CC3(C)CC2CC(C)(C)C3)c1[N+](=O)[O-]. The summed E-state index contributed by atoms with van der Waals surface area (Å²) in [5.41, 5.74) is 0.370. The first-order chi connectivity index (χ1) is 12.1. The van der Waals surface area contributed by atoms with E-state index in [4.69, 9.17) is 4.74 Å². The molecular weight excluding hydrogens is 334 g/mol. The number of nitrogens with zero attached hydrogens (tertiary/aromatic N) is 4. The lowest BCUT2D eigenvalue weighted by Gasteiger charge is -2.39. The standard InChI is InChI=1S/C18H29N5O3/c1-12(8-26-5)21-15-14(23(24)25)16(20-11-19-15)22-10-18(4)7-13(22)6-17(2,3)9-18/h11-13H,6-10H2,1-5H3,(H,19,20,21). The van der Waals surface area contributed by atoms with Crippen molar-refractivity contribution in [3.05, 3.63) is 16.4 Å². The van der Waals surface area contributed by atoms with E-state index in [0.717, 1.165) is 25.8 Å². The zero-order valence-corrected chi connectivity index (χ0v) is 16.3. The van der Waals surface area contributed by atoms with Crippen molar-refractivity contribution >= 4 is 17.3 Å². The molecule has 8 heteroatoms. The van der Waals surface area contributed by atoms with Gasteiger partial charge in [-0.05, 0) is 37.0 Å². The van der Waals surface area contributed by atoms with Crippen LogP contribution < -0.4 is 10.2 Å². The summed E-state index contributed by atoms with van der Waals surface area (Å²) < 4.78 is 5.11. The van der Waals surface area contributed by atoms with Crippen LogP contribution in [0.1, 0.15) is 47.0 Å². The molecule has 1 saturated heterocycles. The van der Waals surface area contributed by atoms with Crippen molar-refractivity contribution in [3.63, 3.8) is 0 Å². The minimum Gasteiger partial charge on any atom is -0.383 e. The van der Waals surface area contributed by atoms with Gasteiger partial charge in [0.15, 0.2) is 0 Å². The molecular formula is C18H29N5O3. The van der Waals surface area contributed by atoms with Crippen molar-refractivity contribution in [3.8, 4) is 0 Å². The van der Waals surface area contributed by atoms with Gasteiger partial charge in [-0.1, -0.05) is 20.8 Å². The largest absolute Gasteiger partial charge is 0.383 e. The molecule has 1 aliphatic heterocycles. The molecule has 0 aromatic carbocycles. The Morgan fingerprint density at radius 2 is 2.15 bits per heavy atom. The maximum absolute atomic E-state index is 11.9. The zero-order valence-electron chi connectivity index (χ0n) is 16.3. The third-order valence-corrected chi connectivity index (χ3v) is 5.47. The summed E-state index contributed by atoms with van der Waals surface area (Å²) in [5, 5.41) is 15.0. The maximum Gasteiger partial charge on any atom is 0.353 e. The van der Waals surface area contributed by atoms with E-state index in [-0.39, 0.29) is 39.3 Å². The molecule has 1 saturated carbocycles. The number of rotatable bonds is 6. The Morgan fingerprint density at radius 1 is 1.42 bits per heavy atom. The minimum atomic E-state index is -0.368. The maximum atomic E-state index is 11.9. The predicted octanol–water partition coefficient (Wildman–Crippen LogP) is 3.24. The van der Waals surface area contributed by atoms with Crippen molar-refractivity contribution in [1.29, 1.82) is 0 Å². The number of fused-ring (bicyclic) bond motifs is 2. The van der Waals surface area contributed by atoms with Gasteiger partial charge in [-0.3, -0.25) is 10.1 Å². The molecule has 2 aliphatic rings. The fourth-order valence-electron chi connectivity index (χ4n) is 5.09. The smallest absolute Gasteiger partial charge is 0.353 e. The van der Waals surface area contributed by atoms with Gasteiger partial charge in [0.25, 0.3) is 0 Å². The van der Waals surface area contributed by atoms with Crippen LogP contribution in [-0.2, 0) is 4.74 Å². The van der Waals surface area contributed by atoms with Gasteiger partial charge >= 0.3 is 5.69 Å². The molecule has 0 amide bonds. The summed E-state index contributed by atoms with van der Waals surface area (Å²) >= 11 is 0. The Hall–Kier alpha value is -1.96. The third kappa shape index (κ3) is 3.60. The lowest BCUT2D eigenvalue weighted by Crippen LogP contribution is -2.35. The highest BCUT2D eigenvalue weighted by atomic mass is 16.6. The first-order valence-electron chi connectivity index (χ1n) is 9.16. The van der Waals surface area contributed by atoms with E-state index in [1.807, 2.05) is 6.92 Å². The first-order valence-corrected chi connectivity index (χ1v) is 9.16. The summed E-state index contributed by atoms with van der Waals surface area (Å²) in [5.74, 6) is 0.693. The number of nitro groups is 1. The summed E-state index contributed by atoms with van der Waals surface area (Å²) in [4.78, 5) is 22.1. The zero-order chi connectivity index (χ0) is 19.1. The van der Waals surface area contributed by atoms with Gasteiger partial charge in [0.05, 0.1) is 11.5 Å². The Labute approximate surface area is 154 Å². The minimum absolute atomic E-state index is 0.0376. The molecule has 1 aliphatic carbocycles. The highest BCUT2D eigenvalue weighted by molar-refractivity contribution is 5.71. The van der Waals surface area contributed by atoms with Gasteiger partial charge < -0.3 is 15.0 Å². The van der Waals surface area contributed by atoms with Gasteiger partial charge in [0.2, 0.25) is 11.6 Å². The van der Waals surface area contributed by atoms with Crippen LogP contribution in [0.15, 0.2) is 6.33 Å². The number of aromatic nitrogens is 2. The van der Waals surface area contributed by atoms with Crippen molar-refractivity contribution in [2.45, 2.75) is 59.0 Å². The van der Waals surface area contributed by atoms with E-state index in [1.165, 1.54) is 6.33 Å². The van der Waals surface area contributed by atoms with Crippen LogP contribution >= 0.6 is 0 Å². The molecule has 1 aromatic heterocycles. The van der Waals surface area contributed by atoms with E-state index in [2.05, 4.69) is 41.0 Å². The van der Waals surface area contributed by atoms with Crippen molar-refractivity contribution in [2.24, 2.45) is 10.8 Å². The van der Waals surface area contributed by atoms with Gasteiger partial charge in [0, 0.05) is 25.7 Å². The van der Waals surface area contributed by atoms with E-state index in [9.17, 15) is 10.1 Å². The molecule has 2 bridgehead atoms. The third-order valence-electron chi connectivity index (χ3n) is 5.47. The highest BCUT2D eigenvalue weighted by Gasteiger charge is 2.51. The number of ether oxygens (including phenoxy) is 1. The van der Waals surface area contributed by atoms with Gasteiger partial charge in [-0.2, -0.15) is 0 Å². The normalized spacial score (nSPS) is 28.0. The molecule has 3 atom stereocenters. The predicted molar refractivity (Wildman–Crippen MR) is 101 cm³/mol. The molecule has 1 aromatic rings. The molecule has 8 nitrogen and oxygen atoms in total.